The zero-order valence-electron chi connectivity index (χ0n) is 10.9. The number of pyridine rings is 1. The number of rotatable bonds is 2. The van der Waals surface area contributed by atoms with Crippen LogP contribution < -0.4 is 5.73 Å². The first-order valence-electron chi connectivity index (χ1n) is 6.82. The molecular weight excluding hydrogens is 220 g/mol. The van der Waals surface area contributed by atoms with Crippen molar-refractivity contribution in [3.63, 3.8) is 0 Å². The Labute approximate surface area is 108 Å². The van der Waals surface area contributed by atoms with Crippen LogP contribution in [0, 0.1) is 6.92 Å². The van der Waals surface area contributed by atoms with Crippen molar-refractivity contribution in [3.8, 4) is 0 Å². The Kier molecular flexibility index (Phi) is 2.83. The second kappa shape index (κ2) is 4.36. The Morgan fingerprint density at radius 2 is 1.94 bits per heavy atom. The van der Waals surface area contributed by atoms with Gasteiger partial charge in [-0.25, -0.2) is 0 Å². The van der Waals surface area contributed by atoms with Gasteiger partial charge in [-0.3, -0.25) is 4.98 Å². The Hall–Kier alpha value is -1.41. The van der Waals surface area contributed by atoms with E-state index in [0.29, 0.717) is 0 Å². The third kappa shape index (κ3) is 1.72. The SMILES string of the molecule is Cc1cc(C2(CN)CCCC2)c2ccccc2n1. The van der Waals surface area contributed by atoms with Gasteiger partial charge in [-0.15, -0.1) is 0 Å². The van der Waals surface area contributed by atoms with E-state index < -0.39 is 0 Å². The fourth-order valence-corrected chi connectivity index (χ4v) is 3.38. The first-order chi connectivity index (χ1) is 8.75. The van der Waals surface area contributed by atoms with Gasteiger partial charge < -0.3 is 5.73 Å². The monoisotopic (exact) mass is 240 g/mol. The van der Waals surface area contributed by atoms with Gasteiger partial charge in [0.05, 0.1) is 5.52 Å². The molecule has 0 atom stereocenters. The van der Waals surface area contributed by atoms with Gasteiger partial charge in [-0.05, 0) is 37.5 Å². The lowest BCUT2D eigenvalue weighted by Crippen LogP contribution is -2.32. The van der Waals surface area contributed by atoms with Gasteiger partial charge in [0.1, 0.15) is 0 Å². The van der Waals surface area contributed by atoms with Crippen molar-refractivity contribution in [2.45, 2.75) is 38.0 Å². The summed E-state index contributed by atoms with van der Waals surface area (Å²) >= 11 is 0. The molecule has 0 bridgehead atoms. The summed E-state index contributed by atoms with van der Waals surface area (Å²) in [5.74, 6) is 0. The van der Waals surface area contributed by atoms with E-state index in [-0.39, 0.29) is 5.41 Å². The summed E-state index contributed by atoms with van der Waals surface area (Å²) in [6, 6.07) is 10.7. The first kappa shape index (κ1) is 11.7. The summed E-state index contributed by atoms with van der Waals surface area (Å²) in [6.45, 7) is 2.83. The van der Waals surface area contributed by atoms with Gasteiger partial charge in [-0.2, -0.15) is 0 Å². The molecule has 2 N–H and O–H groups in total. The van der Waals surface area contributed by atoms with Crippen molar-refractivity contribution >= 4 is 10.9 Å². The van der Waals surface area contributed by atoms with Crippen LogP contribution in [0.1, 0.15) is 36.9 Å². The molecule has 1 aliphatic rings. The molecule has 1 fully saturated rings. The number of aromatic nitrogens is 1. The lowest BCUT2D eigenvalue weighted by atomic mass is 9.77. The molecule has 1 heterocycles. The van der Waals surface area contributed by atoms with Crippen LogP contribution in [0.3, 0.4) is 0 Å². The van der Waals surface area contributed by atoms with E-state index in [1.807, 2.05) is 0 Å². The maximum Gasteiger partial charge on any atom is 0.0708 e. The molecule has 0 unspecified atom stereocenters. The van der Waals surface area contributed by atoms with E-state index in [2.05, 4.69) is 42.2 Å². The maximum absolute atomic E-state index is 6.12. The van der Waals surface area contributed by atoms with Crippen LogP contribution in [0.25, 0.3) is 10.9 Å². The molecule has 1 aliphatic carbocycles. The minimum absolute atomic E-state index is 0.188. The van der Waals surface area contributed by atoms with Crippen molar-refractivity contribution in [1.29, 1.82) is 0 Å². The highest BCUT2D eigenvalue weighted by molar-refractivity contribution is 5.83. The number of benzene rings is 1. The third-order valence-electron chi connectivity index (χ3n) is 4.37. The van der Waals surface area contributed by atoms with Crippen molar-refractivity contribution in [1.82, 2.24) is 4.98 Å². The second-order valence-corrected chi connectivity index (χ2v) is 5.52. The van der Waals surface area contributed by atoms with Crippen molar-refractivity contribution in [3.05, 3.63) is 41.6 Å². The summed E-state index contributed by atoms with van der Waals surface area (Å²) in [6.07, 6.45) is 5.04. The molecule has 1 aromatic carbocycles. The highest BCUT2D eigenvalue weighted by Gasteiger charge is 2.35. The van der Waals surface area contributed by atoms with Crippen molar-refractivity contribution in [2.24, 2.45) is 5.73 Å². The van der Waals surface area contributed by atoms with Crippen molar-refractivity contribution in [2.75, 3.05) is 6.54 Å². The van der Waals surface area contributed by atoms with Crippen LogP contribution in [0.5, 0.6) is 0 Å². The molecule has 2 nitrogen and oxygen atoms in total. The molecule has 2 aromatic rings. The second-order valence-electron chi connectivity index (χ2n) is 5.52. The van der Waals surface area contributed by atoms with E-state index in [1.165, 1.54) is 36.6 Å². The lowest BCUT2D eigenvalue weighted by molar-refractivity contribution is 0.456. The fourth-order valence-electron chi connectivity index (χ4n) is 3.38. The molecule has 0 amide bonds. The molecule has 0 aliphatic heterocycles. The number of para-hydroxylation sites is 1. The van der Waals surface area contributed by atoms with Gasteiger partial charge in [-0.1, -0.05) is 31.0 Å². The summed E-state index contributed by atoms with van der Waals surface area (Å²) in [5, 5.41) is 1.29. The molecule has 0 spiro atoms. The molecule has 0 radical (unpaired) electrons. The summed E-state index contributed by atoms with van der Waals surface area (Å²) in [7, 11) is 0. The molecule has 0 saturated heterocycles. The molecule has 3 rings (SSSR count). The van der Waals surface area contributed by atoms with E-state index in [9.17, 15) is 0 Å². The zero-order chi connectivity index (χ0) is 12.6. The molecule has 18 heavy (non-hydrogen) atoms. The van der Waals surface area contributed by atoms with E-state index in [4.69, 9.17) is 5.73 Å². The van der Waals surface area contributed by atoms with Crippen LogP contribution in [0.4, 0.5) is 0 Å². The third-order valence-corrected chi connectivity index (χ3v) is 4.37. The maximum atomic E-state index is 6.12. The molecule has 1 saturated carbocycles. The minimum Gasteiger partial charge on any atom is -0.330 e. The molecular formula is C16H20N2. The highest BCUT2D eigenvalue weighted by Crippen LogP contribution is 2.42. The number of nitrogens with zero attached hydrogens (tertiary/aromatic N) is 1. The van der Waals surface area contributed by atoms with Gasteiger partial charge in [0.15, 0.2) is 0 Å². The van der Waals surface area contributed by atoms with Crippen LogP contribution >= 0.6 is 0 Å². The number of fused-ring (bicyclic) bond motifs is 1. The fraction of sp³-hybridized carbons (Fsp3) is 0.438. The van der Waals surface area contributed by atoms with Crippen LogP contribution in [-0.4, -0.2) is 11.5 Å². The number of hydrogen-bond donors (Lipinski definition) is 1. The normalized spacial score (nSPS) is 18.3. The smallest absolute Gasteiger partial charge is 0.0708 e. The van der Waals surface area contributed by atoms with Gasteiger partial charge in [0.25, 0.3) is 0 Å². The van der Waals surface area contributed by atoms with Gasteiger partial charge >= 0.3 is 0 Å². The molecule has 2 heteroatoms. The standard InChI is InChI=1S/C16H20N2/c1-12-10-14(16(11-17)8-4-5-9-16)13-6-2-3-7-15(13)18-12/h2-3,6-7,10H,4-5,8-9,11,17H2,1H3. The topological polar surface area (TPSA) is 38.9 Å². The quantitative estimate of drug-likeness (QED) is 0.874. The Morgan fingerprint density at radius 3 is 2.67 bits per heavy atom. The highest BCUT2D eigenvalue weighted by atomic mass is 14.7. The van der Waals surface area contributed by atoms with Crippen molar-refractivity contribution < 1.29 is 0 Å². The Morgan fingerprint density at radius 1 is 1.22 bits per heavy atom. The minimum atomic E-state index is 0.188. The Balaban J connectivity index is 2.27. The first-order valence-corrected chi connectivity index (χ1v) is 6.82. The number of aryl methyl sites for hydroxylation is 1. The largest absolute Gasteiger partial charge is 0.330 e. The summed E-state index contributed by atoms with van der Waals surface area (Å²) in [5.41, 5.74) is 9.94. The Bertz CT molecular complexity index is 568. The zero-order valence-corrected chi connectivity index (χ0v) is 10.9. The number of nitrogens with two attached hydrogens (primary N) is 1. The number of hydrogen-bond acceptors (Lipinski definition) is 2. The molecule has 94 valence electrons. The van der Waals surface area contributed by atoms with Gasteiger partial charge in [0.2, 0.25) is 0 Å². The molecule has 1 aromatic heterocycles. The average Bonchev–Trinajstić information content (AvgIpc) is 2.87. The predicted octanol–water partition coefficient (Wildman–Crippen LogP) is 3.31. The summed E-state index contributed by atoms with van der Waals surface area (Å²) < 4.78 is 0. The van der Waals surface area contributed by atoms with E-state index >= 15 is 0 Å². The van der Waals surface area contributed by atoms with Crippen LogP contribution in [0.15, 0.2) is 30.3 Å². The van der Waals surface area contributed by atoms with E-state index in [1.54, 1.807) is 0 Å². The van der Waals surface area contributed by atoms with Crippen LogP contribution in [0.2, 0.25) is 0 Å². The summed E-state index contributed by atoms with van der Waals surface area (Å²) in [4.78, 5) is 4.63. The van der Waals surface area contributed by atoms with Crippen LogP contribution in [-0.2, 0) is 5.41 Å². The average molecular weight is 240 g/mol. The lowest BCUT2D eigenvalue weighted by Gasteiger charge is -2.29. The van der Waals surface area contributed by atoms with Gasteiger partial charge in [0, 0.05) is 23.0 Å². The van der Waals surface area contributed by atoms with E-state index in [0.717, 1.165) is 17.8 Å². The predicted molar refractivity (Wildman–Crippen MR) is 75.7 cm³/mol.